The standard InChI is InChI=1S/C10H12N6O/c1-16-6-13-9(15-16)5-12-10(17)7-3-2-4-8(11)14-7/h2-4,6H,5H2,1H3,(H2,11,14)(H,12,17). The van der Waals surface area contributed by atoms with Crippen molar-refractivity contribution in [1.29, 1.82) is 0 Å². The Balaban J connectivity index is 1.98. The fraction of sp³-hybridized carbons (Fsp3) is 0.200. The summed E-state index contributed by atoms with van der Waals surface area (Å²) in [5, 5.41) is 6.70. The monoisotopic (exact) mass is 232 g/mol. The van der Waals surface area contributed by atoms with Gasteiger partial charge in [0.2, 0.25) is 0 Å². The molecule has 2 heterocycles. The first-order valence-electron chi connectivity index (χ1n) is 5.00. The molecule has 0 bridgehead atoms. The first-order chi connectivity index (χ1) is 8.15. The first kappa shape index (κ1) is 11.1. The maximum atomic E-state index is 11.7. The number of anilines is 1. The number of aromatic nitrogens is 4. The lowest BCUT2D eigenvalue weighted by Crippen LogP contribution is -2.24. The number of hydrogen-bond donors (Lipinski definition) is 2. The maximum Gasteiger partial charge on any atom is 0.270 e. The summed E-state index contributed by atoms with van der Waals surface area (Å²) in [4.78, 5) is 19.6. The Kier molecular flexibility index (Phi) is 2.99. The SMILES string of the molecule is Cn1cnc(CNC(=O)c2cccc(N)n2)n1. The summed E-state index contributed by atoms with van der Waals surface area (Å²) in [5.74, 6) is 0.558. The van der Waals surface area contributed by atoms with Gasteiger partial charge in [-0.1, -0.05) is 6.07 Å². The summed E-state index contributed by atoms with van der Waals surface area (Å²) in [5.41, 5.74) is 5.77. The normalized spacial score (nSPS) is 10.2. The fourth-order valence-corrected chi connectivity index (χ4v) is 1.29. The van der Waals surface area contributed by atoms with Crippen LogP contribution in [0.2, 0.25) is 0 Å². The van der Waals surface area contributed by atoms with Crippen LogP contribution in [0.3, 0.4) is 0 Å². The quantitative estimate of drug-likeness (QED) is 0.758. The van der Waals surface area contributed by atoms with E-state index >= 15 is 0 Å². The average molecular weight is 232 g/mol. The minimum atomic E-state index is -0.301. The van der Waals surface area contributed by atoms with E-state index in [0.29, 0.717) is 11.6 Å². The van der Waals surface area contributed by atoms with Crippen molar-refractivity contribution in [3.63, 3.8) is 0 Å². The van der Waals surface area contributed by atoms with Crippen LogP contribution in [0.5, 0.6) is 0 Å². The second-order valence-corrected chi connectivity index (χ2v) is 3.46. The Labute approximate surface area is 97.7 Å². The third kappa shape index (κ3) is 2.77. The number of nitrogen functional groups attached to an aromatic ring is 1. The Bertz CT molecular complexity index is 535. The molecular weight excluding hydrogens is 220 g/mol. The van der Waals surface area contributed by atoms with Crippen molar-refractivity contribution in [3.8, 4) is 0 Å². The van der Waals surface area contributed by atoms with Crippen LogP contribution in [0.4, 0.5) is 5.82 Å². The fourth-order valence-electron chi connectivity index (χ4n) is 1.29. The molecule has 2 aromatic rings. The predicted molar refractivity (Wildman–Crippen MR) is 60.8 cm³/mol. The molecule has 1 amide bonds. The Morgan fingerprint density at radius 3 is 3.00 bits per heavy atom. The summed E-state index contributed by atoms with van der Waals surface area (Å²) in [6.45, 7) is 0.260. The van der Waals surface area contributed by atoms with Crippen LogP contribution in [0.1, 0.15) is 16.3 Å². The number of amides is 1. The Morgan fingerprint density at radius 1 is 1.53 bits per heavy atom. The van der Waals surface area contributed by atoms with Gasteiger partial charge in [0.1, 0.15) is 17.8 Å². The lowest BCUT2D eigenvalue weighted by Gasteiger charge is -2.02. The molecule has 0 aliphatic rings. The van der Waals surface area contributed by atoms with E-state index in [1.165, 1.54) is 0 Å². The number of rotatable bonds is 3. The molecule has 0 radical (unpaired) electrons. The van der Waals surface area contributed by atoms with Crippen molar-refractivity contribution in [2.75, 3.05) is 5.73 Å². The lowest BCUT2D eigenvalue weighted by molar-refractivity contribution is 0.0945. The Hall–Kier alpha value is -2.44. The highest BCUT2D eigenvalue weighted by Crippen LogP contribution is 2.00. The number of nitrogens with one attached hydrogen (secondary N) is 1. The summed E-state index contributed by atoms with van der Waals surface area (Å²) in [6, 6.07) is 4.89. The van der Waals surface area contributed by atoms with Crippen molar-refractivity contribution >= 4 is 11.7 Å². The third-order valence-corrected chi connectivity index (χ3v) is 2.06. The molecule has 7 nitrogen and oxygen atoms in total. The molecular formula is C10H12N6O. The van der Waals surface area contributed by atoms with E-state index < -0.39 is 0 Å². The van der Waals surface area contributed by atoms with Crippen LogP contribution >= 0.6 is 0 Å². The number of carbonyl (C=O) groups excluding carboxylic acids is 1. The number of hydrogen-bond acceptors (Lipinski definition) is 5. The molecule has 0 saturated heterocycles. The number of nitrogens with zero attached hydrogens (tertiary/aromatic N) is 4. The van der Waals surface area contributed by atoms with Gasteiger partial charge >= 0.3 is 0 Å². The van der Waals surface area contributed by atoms with Gasteiger partial charge in [-0.3, -0.25) is 9.48 Å². The van der Waals surface area contributed by atoms with Gasteiger partial charge in [-0.25, -0.2) is 9.97 Å². The minimum Gasteiger partial charge on any atom is -0.384 e. The van der Waals surface area contributed by atoms with Gasteiger partial charge in [-0.05, 0) is 12.1 Å². The van der Waals surface area contributed by atoms with Gasteiger partial charge in [0.15, 0.2) is 5.82 Å². The molecule has 3 N–H and O–H groups in total. The van der Waals surface area contributed by atoms with E-state index in [0.717, 1.165) is 0 Å². The van der Waals surface area contributed by atoms with Crippen LogP contribution < -0.4 is 11.1 Å². The molecule has 88 valence electrons. The maximum absolute atomic E-state index is 11.7. The molecule has 0 saturated carbocycles. The van der Waals surface area contributed by atoms with E-state index in [4.69, 9.17) is 5.73 Å². The van der Waals surface area contributed by atoms with Gasteiger partial charge in [-0.2, -0.15) is 5.10 Å². The summed E-state index contributed by atoms with van der Waals surface area (Å²) in [7, 11) is 1.76. The number of nitrogens with two attached hydrogens (primary N) is 1. The second kappa shape index (κ2) is 4.60. The van der Waals surface area contributed by atoms with Crippen molar-refractivity contribution in [2.24, 2.45) is 7.05 Å². The molecule has 2 rings (SSSR count). The van der Waals surface area contributed by atoms with Gasteiger partial charge < -0.3 is 11.1 Å². The summed E-state index contributed by atoms with van der Waals surface area (Å²) < 4.78 is 1.57. The number of pyridine rings is 1. The largest absolute Gasteiger partial charge is 0.384 e. The van der Waals surface area contributed by atoms with Crippen molar-refractivity contribution in [2.45, 2.75) is 6.54 Å². The summed E-state index contributed by atoms with van der Waals surface area (Å²) in [6.07, 6.45) is 1.57. The number of aryl methyl sites for hydroxylation is 1. The lowest BCUT2D eigenvalue weighted by atomic mass is 10.3. The van der Waals surface area contributed by atoms with E-state index in [1.807, 2.05) is 0 Å². The smallest absolute Gasteiger partial charge is 0.270 e. The van der Waals surface area contributed by atoms with Gasteiger partial charge in [0, 0.05) is 7.05 Å². The second-order valence-electron chi connectivity index (χ2n) is 3.46. The molecule has 7 heteroatoms. The molecule has 0 fully saturated rings. The highest BCUT2D eigenvalue weighted by atomic mass is 16.1. The van der Waals surface area contributed by atoms with Crippen LogP contribution in [0, 0.1) is 0 Å². The number of carbonyl (C=O) groups is 1. The molecule has 0 aliphatic heterocycles. The molecule has 0 aliphatic carbocycles. The molecule has 17 heavy (non-hydrogen) atoms. The van der Waals surface area contributed by atoms with E-state index in [2.05, 4.69) is 20.4 Å². The highest BCUT2D eigenvalue weighted by molar-refractivity contribution is 5.92. The minimum absolute atomic E-state index is 0.260. The third-order valence-electron chi connectivity index (χ3n) is 2.06. The molecule has 0 unspecified atom stereocenters. The van der Waals surface area contributed by atoms with Crippen molar-refractivity contribution < 1.29 is 4.79 Å². The van der Waals surface area contributed by atoms with Crippen LogP contribution in [0.15, 0.2) is 24.5 Å². The van der Waals surface area contributed by atoms with Crippen LogP contribution in [-0.2, 0) is 13.6 Å². The zero-order chi connectivity index (χ0) is 12.3. The predicted octanol–water partition coefficient (Wildman–Crippen LogP) is -0.278. The summed E-state index contributed by atoms with van der Waals surface area (Å²) >= 11 is 0. The molecule has 2 aromatic heterocycles. The topological polar surface area (TPSA) is 98.7 Å². The average Bonchev–Trinajstić information content (AvgIpc) is 2.72. The van der Waals surface area contributed by atoms with Gasteiger partial charge in [-0.15, -0.1) is 0 Å². The zero-order valence-corrected chi connectivity index (χ0v) is 9.29. The van der Waals surface area contributed by atoms with Gasteiger partial charge in [0.05, 0.1) is 6.54 Å². The zero-order valence-electron chi connectivity index (χ0n) is 9.29. The first-order valence-corrected chi connectivity index (χ1v) is 5.00. The van der Waals surface area contributed by atoms with E-state index in [1.54, 1.807) is 36.3 Å². The van der Waals surface area contributed by atoms with Crippen LogP contribution in [-0.4, -0.2) is 25.7 Å². The molecule has 0 aromatic carbocycles. The van der Waals surface area contributed by atoms with E-state index in [-0.39, 0.29) is 18.1 Å². The molecule has 0 atom stereocenters. The van der Waals surface area contributed by atoms with E-state index in [9.17, 15) is 4.79 Å². The van der Waals surface area contributed by atoms with Gasteiger partial charge in [0.25, 0.3) is 5.91 Å². The van der Waals surface area contributed by atoms with Crippen molar-refractivity contribution in [1.82, 2.24) is 25.1 Å². The highest BCUT2D eigenvalue weighted by Gasteiger charge is 2.08. The molecule has 0 spiro atoms. The van der Waals surface area contributed by atoms with Crippen molar-refractivity contribution in [3.05, 3.63) is 36.0 Å². The van der Waals surface area contributed by atoms with Crippen LogP contribution in [0.25, 0.3) is 0 Å². The Morgan fingerprint density at radius 2 is 2.35 bits per heavy atom.